The van der Waals surface area contributed by atoms with E-state index < -0.39 is 0 Å². The van der Waals surface area contributed by atoms with Crippen molar-refractivity contribution in [1.29, 1.82) is 0 Å². The molecule has 1 aliphatic rings. The topological polar surface area (TPSA) is 39.6 Å². The number of hydrogen-bond donors (Lipinski definition) is 1. The first kappa shape index (κ1) is 15.2. The van der Waals surface area contributed by atoms with Crippen molar-refractivity contribution in [2.45, 2.75) is 25.9 Å². The van der Waals surface area contributed by atoms with Crippen LogP contribution in [0.25, 0.3) is 0 Å². The lowest BCUT2D eigenvalue weighted by Crippen LogP contribution is -2.59. The molecule has 1 aliphatic heterocycles. The number of aromatic nitrogens is 1. The van der Waals surface area contributed by atoms with Crippen LogP contribution in [0.1, 0.15) is 19.4 Å². The van der Waals surface area contributed by atoms with E-state index in [4.69, 9.17) is 5.11 Å². The highest BCUT2D eigenvalue weighted by atomic mass is 127. The Morgan fingerprint density at radius 2 is 2.16 bits per heavy atom. The molecule has 0 radical (unpaired) electrons. The van der Waals surface area contributed by atoms with Gasteiger partial charge in [-0.1, -0.05) is 6.07 Å². The van der Waals surface area contributed by atoms with Crippen LogP contribution in [-0.2, 0) is 6.54 Å². The van der Waals surface area contributed by atoms with E-state index in [1.807, 2.05) is 6.20 Å². The second-order valence-corrected chi connectivity index (χ2v) is 6.83. The predicted molar refractivity (Wildman–Crippen MR) is 85.0 cm³/mol. The zero-order valence-corrected chi connectivity index (χ0v) is 13.8. The van der Waals surface area contributed by atoms with Crippen molar-refractivity contribution in [3.8, 4) is 0 Å². The molecule has 0 aliphatic carbocycles. The van der Waals surface area contributed by atoms with Crippen molar-refractivity contribution in [2.75, 3.05) is 32.8 Å². The van der Waals surface area contributed by atoms with Crippen LogP contribution in [0.4, 0.5) is 0 Å². The van der Waals surface area contributed by atoms with Gasteiger partial charge in [-0.15, -0.1) is 0 Å². The van der Waals surface area contributed by atoms with Crippen molar-refractivity contribution in [2.24, 2.45) is 0 Å². The van der Waals surface area contributed by atoms with Crippen LogP contribution in [0.15, 0.2) is 18.3 Å². The Labute approximate surface area is 129 Å². The fraction of sp³-hybridized carbons (Fsp3) is 0.643. The Morgan fingerprint density at radius 3 is 2.74 bits per heavy atom. The first-order valence-corrected chi connectivity index (χ1v) is 7.78. The molecule has 0 atom stereocenters. The highest BCUT2D eigenvalue weighted by Crippen LogP contribution is 2.21. The van der Waals surface area contributed by atoms with E-state index in [9.17, 15) is 0 Å². The second kappa shape index (κ2) is 6.47. The van der Waals surface area contributed by atoms with E-state index in [-0.39, 0.29) is 12.1 Å². The number of β-amino-alcohol motifs (C(OH)–C–C–N with tert-alkyl or cyclic N) is 1. The van der Waals surface area contributed by atoms with Crippen LogP contribution in [-0.4, -0.2) is 58.2 Å². The lowest BCUT2D eigenvalue weighted by molar-refractivity contribution is 0.00634. The number of rotatable bonds is 4. The van der Waals surface area contributed by atoms with E-state index >= 15 is 0 Å². The van der Waals surface area contributed by atoms with Crippen LogP contribution in [0, 0.1) is 3.70 Å². The summed E-state index contributed by atoms with van der Waals surface area (Å²) in [5.41, 5.74) is 1.39. The van der Waals surface area contributed by atoms with Gasteiger partial charge in [0.25, 0.3) is 0 Å². The number of nitrogens with zero attached hydrogens (tertiary/aromatic N) is 3. The van der Waals surface area contributed by atoms with Crippen LogP contribution in [0.3, 0.4) is 0 Å². The monoisotopic (exact) mass is 375 g/mol. The number of halogens is 1. The third-order valence-corrected chi connectivity index (χ3v) is 4.36. The molecule has 1 aromatic rings. The number of aliphatic hydroxyl groups excluding tert-OH is 1. The number of pyridine rings is 1. The summed E-state index contributed by atoms with van der Waals surface area (Å²) in [5.74, 6) is 0. The van der Waals surface area contributed by atoms with Crippen LogP contribution in [0.2, 0.25) is 0 Å². The summed E-state index contributed by atoms with van der Waals surface area (Å²) in [6, 6.07) is 4.21. The third kappa shape index (κ3) is 4.11. The summed E-state index contributed by atoms with van der Waals surface area (Å²) in [7, 11) is 0. The maximum Gasteiger partial charge on any atom is 0.101 e. The SMILES string of the molecule is CC1(C)CN(Cc2ccc(I)nc2)CCN1CCO. The Morgan fingerprint density at radius 1 is 1.37 bits per heavy atom. The number of hydrogen-bond acceptors (Lipinski definition) is 4. The van der Waals surface area contributed by atoms with Crippen molar-refractivity contribution in [3.63, 3.8) is 0 Å². The van der Waals surface area contributed by atoms with Crippen molar-refractivity contribution < 1.29 is 5.11 Å². The summed E-state index contributed by atoms with van der Waals surface area (Å²) < 4.78 is 1.04. The Bertz CT molecular complexity index is 408. The maximum absolute atomic E-state index is 9.11. The first-order chi connectivity index (χ1) is 9.01. The fourth-order valence-electron chi connectivity index (χ4n) is 2.72. The van der Waals surface area contributed by atoms with Gasteiger partial charge in [-0.25, -0.2) is 0 Å². The normalized spacial score (nSPS) is 20.6. The summed E-state index contributed by atoms with van der Waals surface area (Å²) in [4.78, 5) is 9.18. The van der Waals surface area contributed by atoms with Crippen LogP contribution >= 0.6 is 22.6 Å². The summed E-state index contributed by atoms with van der Waals surface area (Å²) >= 11 is 2.23. The molecule has 2 rings (SSSR count). The second-order valence-electron chi connectivity index (χ2n) is 5.72. The minimum absolute atomic E-state index is 0.123. The molecule has 0 bridgehead atoms. The highest BCUT2D eigenvalue weighted by molar-refractivity contribution is 14.1. The average molecular weight is 375 g/mol. The van der Waals surface area contributed by atoms with Crippen molar-refractivity contribution in [3.05, 3.63) is 27.6 Å². The molecule has 2 heterocycles. The first-order valence-electron chi connectivity index (χ1n) is 6.70. The molecule has 1 aromatic heterocycles. The minimum Gasteiger partial charge on any atom is -0.395 e. The molecule has 0 saturated carbocycles. The van der Waals surface area contributed by atoms with Gasteiger partial charge < -0.3 is 5.11 Å². The van der Waals surface area contributed by atoms with E-state index in [1.165, 1.54) is 5.56 Å². The van der Waals surface area contributed by atoms with Gasteiger partial charge in [-0.2, -0.15) is 0 Å². The van der Waals surface area contributed by atoms with Gasteiger partial charge in [-0.3, -0.25) is 14.8 Å². The van der Waals surface area contributed by atoms with Crippen LogP contribution < -0.4 is 0 Å². The van der Waals surface area contributed by atoms with Gasteiger partial charge in [0.2, 0.25) is 0 Å². The van der Waals surface area contributed by atoms with E-state index in [0.29, 0.717) is 0 Å². The Kier molecular flexibility index (Phi) is 5.16. The molecule has 106 valence electrons. The van der Waals surface area contributed by atoms with E-state index in [0.717, 1.165) is 36.4 Å². The smallest absolute Gasteiger partial charge is 0.101 e. The quantitative estimate of drug-likeness (QED) is 0.641. The standard InChI is InChI=1S/C14H22IN3O/c1-14(2)11-17(5-6-18(14)7-8-19)10-12-3-4-13(15)16-9-12/h3-4,9,19H,5-8,10-11H2,1-2H3. The van der Waals surface area contributed by atoms with Gasteiger partial charge in [0, 0.05) is 44.5 Å². The molecule has 1 saturated heterocycles. The zero-order chi connectivity index (χ0) is 13.9. The lowest BCUT2D eigenvalue weighted by Gasteiger charge is -2.47. The molecule has 19 heavy (non-hydrogen) atoms. The molecule has 5 heteroatoms. The number of aliphatic hydroxyl groups is 1. The summed E-state index contributed by atoms with van der Waals surface area (Å²) in [6.45, 7) is 9.57. The lowest BCUT2D eigenvalue weighted by atomic mass is 9.98. The largest absolute Gasteiger partial charge is 0.395 e. The van der Waals surface area contributed by atoms with Gasteiger partial charge in [0.1, 0.15) is 3.70 Å². The minimum atomic E-state index is 0.123. The zero-order valence-electron chi connectivity index (χ0n) is 11.6. The fourth-order valence-corrected chi connectivity index (χ4v) is 3.04. The van der Waals surface area contributed by atoms with Gasteiger partial charge in [-0.05, 0) is 48.1 Å². The maximum atomic E-state index is 9.11. The summed E-state index contributed by atoms with van der Waals surface area (Å²) in [5, 5.41) is 9.11. The molecular weight excluding hydrogens is 353 g/mol. The molecule has 0 unspecified atom stereocenters. The summed E-state index contributed by atoms with van der Waals surface area (Å²) in [6.07, 6.45) is 1.97. The molecule has 0 spiro atoms. The average Bonchev–Trinajstić information content (AvgIpc) is 2.35. The Hall–Kier alpha value is -0.240. The molecule has 0 amide bonds. The van der Waals surface area contributed by atoms with Gasteiger partial charge >= 0.3 is 0 Å². The molecule has 0 aromatic carbocycles. The molecular formula is C14H22IN3O. The number of piperazine rings is 1. The van der Waals surface area contributed by atoms with E-state index in [2.05, 4.69) is 63.4 Å². The molecule has 1 N–H and O–H groups in total. The predicted octanol–water partition coefficient (Wildman–Crippen LogP) is 1.57. The molecule has 1 fully saturated rings. The van der Waals surface area contributed by atoms with Crippen LogP contribution in [0.5, 0.6) is 0 Å². The highest BCUT2D eigenvalue weighted by Gasteiger charge is 2.32. The van der Waals surface area contributed by atoms with Gasteiger partial charge in [0.05, 0.1) is 6.61 Å². The van der Waals surface area contributed by atoms with Gasteiger partial charge in [0.15, 0.2) is 0 Å². The van der Waals surface area contributed by atoms with Crippen molar-refractivity contribution >= 4 is 22.6 Å². The van der Waals surface area contributed by atoms with Crippen molar-refractivity contribution in [1.82, 2.24) is 14.8 Å². The molecule has 4 nitrogen and oxygen atoms in total. The Balaban J connectivity index is 1.95. The van der Waals surface area contributed by atoms with E-state index in [1.54, 1.807) is 0 Å². The third-order valence-electron chi connectivity index (χ3n) is 3.72.